The van der Waals surface area contributed by atoms with Gasteiger partial charge in [0.25, 0.3) is 10.0 Å². The van der Waals surface area contributed by atoms with Crippen molar-refractivity contribution in [3.63, 3.8) is 0 Å². The lowest BCUT2D eigenvalue weighted by Crippen LogP contribution is -2.18. The summed E-state index contributed by atoms with van der Waals surface area (Å²) < 4.78 is 29.8. The first kappa shape index (κ1) is 18.2. The summed E-state index contributed by atoms with van der Waals surface area (Å²) in [6, 6.07) is 8.54. The first-order valence-electron chi connectivity index (χ1n) is 7.18. The number of benzene rings is 1. The number of nitrogens with zero attached hydrogens (tertiary/aromatic N) is 1. The third-order valence-corrected chi connectivity index (χ3v) is 8.17. The second-order valence-electron chi connectivity index (χ2n) is 5.10. The van der Waals surface area contributed by atoms with E-state index in [9.17, 15) is 13.2 Å². The third kappa shape index (κ3) is 4.32. The highest BCUT2D eigenvalue weighted by Crippen LogP contribution is 2.31. The molecular formula is C15H15N3O3S4. The van der Waals surface area contributed by atoms with Crippen molar-refractivity contribution in [3.05, 3.63) is 35.2 Å². The molecule has 0 atom stereocenters. The van der Waals surface area contributed by atoms with Gasteiger partial charge in [-0.05, 0) is 36.6 Å². The molecule has 3 aromatic rings. The molecule has 0 spiro atoms. The zero-order valence-electron chi connectivity index (χ0n) is 13.4. The highest BCUT2D eigenvalue weighted by molar-refractivity contribution is 8.00. The van der Waals surface area contributed by atoms with E-state index in [-0.39, 0.29) is 10.1 Å². The summed E-state index contributed by atoms with van der Waals surface area (Å²) in [6.45, 7) is 1.74. The van der Waals surface area contributed by atoms with Crippen LogP contribution in [0.2, 0.25) is 0 Å². The van der Waals surface area contributed by atoms with Gasteiger partial charge in [0.05, 0.1) is 22.4 Å². The molecule has 2 heterocycles. The first-order chi connectivity index (χ1) is 11.9. The van der Waals surface area contributed by atoms with Crippen molar-refractivity contribution in [2.45, 2.75) is 22.0 Å². The van der Waals surface area contributed by atoms with Gasteiger partial charge in [0, 0.05) is 11.8 Å². The Balaban J connectivity index is 1.80. The molecule has 0 radical (unpaired) electrons. The monoisotopic (exact) mass is 413 g/mol. The Bertz CT molecular complexity index is 1020. The summed E-state index contributed by atoms with van der Waals surface area (Å²) in [6.07, 6.45) is 1.96. The molecule has 0 saturated carbocycles. The van der Waals surface area contributed by atoms with Crippen LogP contribution in [-0.4, -0.2) is 25.6 Å². The molecule has 0 unspecified atom stereocenters. The average molecular weight is 414 g/mol. The van der Waals surface area contributed by atoms with Crippen LogP contribution in [0.25, 0.3) is 10.2 Å². The van der Waals surface area contributed by atoms with E-state index in [1.165, 1.54) is 18.3 Å². The fraction of sp³-hybridized carbons (Fsp3) is 0.200. The van der Waals surface area contributed by atoms with Gasteiger partial charge in [-0.3, -0.25) is 9.52 Å². The summed E-state index contributed by atoms with van der Waals surface area (Å²) >= 11 is 4.22. The van der Waals surface area contributed by atoms with Crippen LogP contribution in [0.5, 0.6) is 0 Å². The Labute approximate surface area is 157 Å². The minimum absolute atomic E-state index is 0.154. The fourth-order valence-corrected chi connectivity index (χ4v) is 5.94. The molecule has 0 aliphatic rings. The van der Waals surface area contributed by atoms with Crippen LogP contribution in [-0.2, 0) is 21.4 Å². The Morgan fingerprint density at radius 2 is 2.04 bits per heavy atom. The molecule has 2 N–H and O–H groups in total. The van der Waals surface area contributed by atoms with Crippen LogP contribution in [0.1, 0.15) is 11.8 Å². The lowest BCUT2D eigenvalue weighted by atomic mass is 10.3. The first-order valence-corrected chi connectivity index (χ1v) is 11.5. The summed E-state index contributed by atoms with van der Waals surface area (Å²) in [7, 11) is -3.66. The van der Waals surface area contributed by atoms with E-state index in [2.05, 4.69) is 15.0 Å². The molecule has 0 aliphatic heterocycles. The number of aromatic nitrogens is 1. The van der Waals surface area contributed by atoms with E-state index in [1.807, 2.05) is 6.26 Å². The summed E-state index contributed by atoms with van der Waals surface area (Å²) in [5.74, 6) is -0.154. The van der Waals surface area contributed by atoms with Crippen LogP contribution < -0.4 is 10.0 Å². The van der Waals surface area contributed by atoms with Gasteiger partial charge >= 0.3 is 0 Å². The van der Waals surface area contributed by atoms with Crippen molar-refractivity contribution in [1.29, 1.82) is 0 Å². The second kappa shape index (κ2) is 7.32. The molecule has 132 valence electrons. The number of rotatable bonds is 6. The zero-order chi connectivity index (χ0) is 18.0. The van der Waals surface area contributed by atoms with Crippen LogP contribution >= 0.6 is 34.4 Å². The number of hydrogen-bond donors (Lipinski definition) is 2. The van der Waals surface area contributed by atoms with Crippen LogP contribution in [0.15, 0.2) is 38.9 Å². The predicted octanol–water partition coefficient (Wildman–Crippen LogP) is 3.52. The topological polar surface area (TPSA) is 88.2 Å². The minimum Gasteiger partial charge on any atom is -0.351 e. The van der Waals surface area contributed by atoms with Crippen LogP contribution in [0.4, 0.5) is 5.69 Å². The van der Waals surface area contributed by atoms with Gasteiger partial charge in [-0.25, -0.2) is 13.4 Å². The van der Waals surface area contributed by atoms with Gasteiger partial charge in [-0.15, -0.1) is 22.7 Å². The van der Waals surface area contributed by atoms with Crippen molar-refractivity contribution in [3.8, 4) is 0 Å². The number of thioether (sulfide) groups is 1. The van der Waals surface area contributed by atoms with E-state index >= 15 is 0 Å². The maximum Gasteiger partial charge on any atom is 0.271 e. The molecular weight excluding hydrogens is 398 g/mol. The van der Waals surface area contributed by atoms with Crippen molar-refractivity contribution in [2.75, 3.05) is 11.0 Å². The van der Waals surface area contributed by atoms with Crippen molar-refractivity contribution in [1.82, 2.24) is 10.3 Å². The molecule has 6 nitrogen and oxygen atoms in total. The number of amides is 1. The molecule has 1 aromatic carbocycles. The Kier molecular flexibility index (Phi) is 5.32. The van der Waals surface area contributed by atoms with Gasteiger partial charge in [0.15, 0.2) is 4.34 Å². The highest BCUT2D eigenvalue weighted by atomic mass is 32.2. The van der Waals surface area contributed by atoms with Crippen molar-refractivity contribution >= 4 is 66.3 Å². The van der Waals surface area contributed by atoms with Crippen LogP contribution in [0, 0.1) is 0 Å². The molecule has 2 aromatic heterocycles. The van der Waals surface area contributed by atoms with Gasteiger partial charge < -0.3 is 5.32 Å². The van der Waals surface area contributed by atoms with Gasteiger partial charge in [0.1, 0.15) is 4.21 Å². The molecule has 0 bridgehead atoms. The van der Waals surface area contributed by atoms with E-state index in [4.69, 9.17) is 0 Å². The minimum atomic E-state index is -3.66. The lowest BCUT2D eigenvalue weighted by Gasteiger charge is -2.06. The number of anilines is 1. The largest absolute Gasteiger partial charge is 0.351 e. The normalized spacial score (nSPS) is 11.6. The molecule has 25 heavy (non-hydrogen) atoms. The number of carbonyl (C=O) groups is 1. The summed E-state index contributed by atoms with van der Waals surface area (Å²) in [5, 5.41) is 2.65. The molecule has 0 aliphatic carbocycles. The quantitative estimate of drug-likeness (QED) is 0.604. The van der Waals surface area contributed by atoms with Crippen molar-refractivity contribution < 1.29 is 13.2 Å². The zero-order valence-corrected chi connectivity index (χ0v) is 16.7. The maximum absolute atomic E-state index is 12.5. The molecule has 1 amide bonds. The predicted molar refractivity (Wildman–Crippen MR) is 104 cm³/mol. The van der Waals surface area contributed by atoms with E-state index < -0.39 is 10.0 Å². The number of fused-ring (bicyclic) bond motifs is 1. The van der Waals surface area contributed by atoms with E-state index in [1.54, 1.807) is 42.1 Å². The summed E-state index contributed by atoms with van der Waals surface area (Å²) in [5.41, 5.74) is 1.35. The highest BCUT2D eigenvalue weighted by Gasteiger charge is 2.17. The second-order valence-corrected chi connectivity index (χ2v) is 10.3. The fourth-order valence-electron chi connectivity index (χ4n) is 2.07. The molecule has 0 saturated heterocycles. The van der Waals surface area contributed by atoms with Gasteiger partial charge in [-0.1, -0.05) is 11.8 Å². The number of hydrogen-bond acceptors (Lipinski definition) is 7. The SMILES string of the molecule is CSc1nc2ccc(NS(=O)(=O)c3ccc(CNC(C)=O)s3)cc2s1. The lowest BCUT2D eigenvalue weighted by molar-refractivity contribution is -0.119. The smallest absolute Gasteiger partial charge is 0.271 e. The maximum atomic E-state index is 12.5. The third-order valence-electron chi connectivity index (χ3n) is 3.21. The van der Waals surface area contributed by atoms with Crippen LogP contribution in [0.3, 0.4) is 0 Å². The number of carbonyl (C=O) groups excluding carboxylic acids is 1. The van der Waals surface area contributed by atoms with E-state index in [0.29, 0.717) is 12.2 Å². The molecule has 3 rings (SSSR count). The number of thiazole rings is 1. The number of sulfonamides is 1. The standard InChI is InChI=1S/C15H15N3O3S4/c1-9(19)16-8-11-4-6-14(23-11)25(20,21)18-10-3-5-12-13(7-10)24-15(17-12)22-2/h3-7,18H,8H2,1-2H3,(H,16,19). The van der Waals surface area contributed by atoms with Gasteiger partial charge in [0.2, 0.25) is 5.91 Å². The van der Waals surface area contributed by atoms with E-state index in [0.717, 1.165) is 30.8 Å². The van der Waals surface area contributed by atoms with Gasteiger partial charge in [-0.2, -0.15) is 0 Å². The Hall–Kier alpha value is -1.62. The Morgan fingerprint density at radius 3 is 2.76 bits per heavy atom. The summed E-state index contributed by atoms with van der Waals surface area (Å²) in [4.78, 5) is 16.2. The number of thiophene rings is 1. The number of nitrogens with one attached hydrogen (secondary N) is 2. The molecule has 10 heteroatoms. The average Bonchev–Trinajstić information content (AvgIpc) is 3.19. The Morgan fingerprint density at radius 1 is 1.24 bits per heavy atom. The van der Waals surface area contributed by atoms with Crippen molar-refractivity contribution in [2.24, 2.45) is 0 Å². The molecule has 0 fully saturated rings.